The number of hydrogen-bond donors (Lipinski definition) is 1. The maximum atomic E-state index is 13.2. The number of ether oxygens (including phenoxy) is 2. The van der Waals surface area contributed by atoms with Crippen LogP contribution >= 0.6 is 11.6 Å². The SMILES string of the molecule is O=C(CN1C(=O)/C(=C\c2cccc(Cl)c2)OC2CCCCC21)NCCN1CCOCC1. The predicted molar refractivity (Wildman–Crippen MR) is 119 cm³/mol. The second-order valence-corrected chi connectivity index (χ2v) is 8.75. The molecule has 0 radical (unpaired) electrons. The van der Waals surface area contributed by atoms with Gasteiger partial charge in [0, 0.05) is 31.2 Å². The smallest absolute Gasteiger partial charge is 0.289 e. The average Bonchev–Trinajstić information content (AvgIpc) is 2.77. The number of carbonyl (C=O) groups is 2. The maximum absolute atomic E-state index is 13.2. The minimum absolute atomic E-state index is 0.0530. The molecular formula is C23H30ClN3O4. The second kappa shape index (κ2) is 10.5. The molecule has 1 aromatic rings. The number of rotatable bonds is 6. The van der Waals surface area contributed by atoms with E-state index in [4.69, 9.17) is 21.1 Å². The number of fused-ring (bicyclic) bond motifs is 1. The Bertz CT molecular complexity index is 825. The zero-order valence-corrected chi connectivity index (χ0v) is 18.5. The van der Waals surface area contributed by atoms with Gasteiger partial charge in [0.25, 0.3) is 5.91 Å². The van der Waals surface area contributed by atoms with Gasteiger partial charge in [-0.25, -0.2) is 0 Å². The van der Waals surface area contributed by atoms with Crippen molar-refractivity contribution in [2.24, 2.45) is 0 Å². The monoisotopic (exact) mass is 447 g/mol. The molecular weight excluding hydrogens is 418 g/mol. The van der Waals surface area contributed by atoms with Crippen molar-refractivity contribution in [2.75, 3.05) is 45.9 Å². The van der Waals surface area contributed by atoms with Crippen molar-refractivity contribution >= 4 is 29.5 Å². The Morgan fingerprint density at radius 3 is 2.84 bits per heavy atom. The number of morpholine rings is 2. The molecule has 1 aromatic carbocycles. The molecule has 2 saturated heterocycles. The highest BCUT2D eigenvalue weighted by molar-refractivity contribution is 6.30. The Labute approximate surface area is 188 Å². The fourth-order valence-electron chi connectivity index (χ4n) is 4.50. The number of carbonyl (C=O) groups excluding carboxylic acids is 2. The van der Waals surface area contributed by atoms with Crippen LogP contribution in [0.4, 0.5) is 0 Å². The second-order valence-electron chi connectivity index (χ2n) is 8.31. The lowest BCUT2D eigenvalue weighted by Gasteiger charge is -2.44. The Morgan fingerprint density at radius 2 is 2.03 bits per heavy atom. The molecule has 2 atom stereocenters. The van der Waals surface area contributed by atoms with Crippen LogP contribution in [0, 0.1) is 0 Å². The summed E-state index contributed by atoms with van der Waals surface area (Å²) in [5.74, 6) is -0.0760. The normalized spacial score (nSPS) is 25.8. The molecule has 2 amide bonds. The minimum Gasteiger partial charge on any atom is -0.482 e. The van der Waals surface area contributed by atoms with Gasteiger partial charge < -0.3 is 19.7 Å². The topological polar surface area (TPSA) is 71.1 Å². The fraction of sp³-hybridized carbons (Fsp3) is 0.565. The molecule has 31 heavy (non-hydrogen) atoms. The molecule has 0 aromatic heterocycles. The molecule has 1 aliphatic carbocycles. The van der Waals surface area contributed by atoms with E-state index < -0.39 is 0 Å². The average molecular weight is 448 g/mol. The van der Waals surface area contributed by atoms with Gasteiger partial charge in [-0.15, -0.1) is 0 Å². The lowest BCUT2D eigenvalue weighted by atomic mass is 9.89. The van der Waals surface area contributed by atoms with Gasteiger partial charge in [0.2, 0.25) is 5.91 Å². The molecule has 2 unspecified atom stereocenters. The standard InChI is InChI=1S/C23H30ClN3O4/c24-18-5-3-4-17(14-18)15-21-23(29)27(19-6-1-2-7-20(19)31-21)16-22(28)25-8-9-26-10-12-30-13-11-26/h3-5,14-15,19-20H,1-2,6-13,16H2,(H,25,28)/b21-15+. The lowest BCUT2D eigenvalue weighted by molar-refractivity contribution is -0.151. The molecule has 1 N–H and O–H groups in total. The third kappa shape index (κ3) is 5.79. The summed E-state index contributed by atoms with van der Waals surface area (Å²) in [5, 5.41) is 3.57. The molecule has 3 aliphatic rings. The number of hydrogen-bond acceptors (Lipinski definition) is 5. The molecule has 2 aliphatic heterocycles. The van der Waals surface area contributed by atoms with E-state index in [0.29, 0.717) is 11.6 Å². The van der Waals surface area contributed by atoms with Crippen LogP contribution < -0.4 is 5.32 Å². The number of benzene rings is 1. The largest absolute Gasteiger partial charge is 0.482 e. The van der Waals surface area contributed by atoms with Crippen LogP contribution in [-0.2, 0) is 19.1 Å². The molecule has 1 saturated carbocycles. The van der Waals surface area contributed by atoms with E-state index in [2.05, 4.69) is 10.2 Å². The summed E-state index contributed by atoms with van der Waals surface area (Å²) in [5.41, 5.74) is 0.806. The van der Waals surface area contributed by atoms with Crippen molar-refractivity contribution in [2.45, 2.75) is 37.8 Å². The van der Waals surface area contributed by atoms with E-state index in [1.807, 2.05) is 12.1 Å². The zero-order chi connectivity index (χ0) is 21.6. The van der Waals surface area contributed by atoms with Crippen LogP contribution in [-0.4, -0.2) is 79.7 Å². The number of amides is 2. The van der Waals surface area contributed by atoms with Crippen LogP contribution in [0.5, 0.6) is 0 Å². The van der Waals surface area contributed by atoms with Gasteiger partial charge in [-0.3, -0.25) is 14.5 Å². The van der Waals surface area contributed by atoms with Gasteiger partial charge >= 0.3 is 0 Å². The number of halogens is 1. The van der Waals surface area contributed by atoms with E-state index in [9.17, 15) is 9.59 Å². The van der Waals surface area contributed by atoms with Crippen molar-refractivity contribution in [1.82, 2.24) is 15.1 Å². The molecule has 2 heterocycles. The summed E-state index contributed by atoms with van der Waals surface area (Å²) < 4.78 is 11.4. The summed E-state index contributed by atoms with van der Waals surface area (Å²) in [6, 6.07) is 7.25. The van der Waals surface area contributed by atoms with Crippen molar-refractivity contribution in [3.05, 3.63) is 40.6 Å². The van der Waals surface area contributed by atoms with Gasteiger partial charge in [0.1, 0.15) is 12.6 Å². The number of nitrogens with one attached hydrogen (secondary N) is 1. The van der Waals surface area contributed by atoms with Crippen LogP contribution in [0.15, 0.2) is 30.0 Å². The van der Waals surface area contributed by atoms with Gasteiger partial charge in [-0.2, -0.15) is 0 Å². The van der Waals surface area contributed by atoms with Crippen molar-refractivity contribution in [3.63, 3.8) is 0 Å². The van der Waals surface area contributed by atoms with Crippen LogP contribution in [0.1, 0.15) is 31.2 Å². The zero-order valence-electron chi connectivity index (χ0n) is 17.7. The summed E-state index contributed by atoms with van der Waals surface area (Å²) in [6.07, 6.45) is 5.52. The summed E-state index contributed by atoms with van der Waals surface area (Å²) in [7, 11) is 0. The van der Waals surface area contributed by atoms with E-state index in [0.717, 1.165) is 64.1 Å². The molecule has 0 spiro atoms. The Morgan fingerprint density at radius 1 is 1.23 bits per heavy atom. The summed E-state index contributed by atoms with van der Waals surface area (Å²) in [4.78, 5) is 29.9. The predicted octanol–water partition coefficient (Wildman–Crippen LogP) is 2.30. The van der Waals surface area contributed by atoms with E-state index >= 15 is 0 Å². The maximum Gasteiger partial charge on any atom is 0.289 e. The highest BCUT2D eigenvalue weighted by Crippen LogP contribution is 2.33. The van der Waals surface area contributed by atoms with Gasteiger partial charge in [0.15, 0.2) is 5.76 Å². The molecule has 168 valence electrons. The fourth-order valence-corrected chi connectivity index (χ4v) is 4.70. The van der Waals surface area contributed by atoms with E-state index in [1.54, 1.807) is 23.1 Å². The first-order valence-corrected chi connectivity index (χ1v) is 11.5. The van der Waals surface area contributed by atoms with Crippen molar-refractivity contribution in [3.8, 4) is 0 Å². The van der Waals surface area contributed by atoms with Crippen LogP contribution in [0.25, 0.3) is 6.08 Å². The third-order valence-electron chi connectivity index (χ3n) is 6.13. The molecule has 3 fully saturated rings. The van der Waals surface area contributed by atoms with Crippen LogP contribution in [0.2, 0.25) is 5.02 Å². The highest BCUT2D eigenvalue weighted by atomic mass is 35.5. The molecule has 4 rings (SSSR count). The highest BCUT2D eigenvalue weighted by Gasteiger charge is 2.42. The van der Waals surface area contributed by atoms with Gasteiger partial charge in [-0.05, 0) is 43.0 Å². The first-order valence-electron chi connectivity index (χ1n) is 11.1. The van der Waals surface area contributed by atoms with Crippen molar-refractivity contribution < 1.29 is 19.1 Å². The molecule has 7 nitrogen and oxygen atoms in total. The first-order chi connectivity index (χ1) is 15.1. The Kier molecular flexibility index (Phi) is 7.48. The van der Waals surface area contributed by atoms with Gasteiger partial charge in [0.05, 0.1) is 19.3 Å². The minimum atomic E-state index is -0.230. The summed E-state index contributed by atoms with van der Waals surface area (Å²) in [6.45, 7) is 4.66. The third-order valence-corrected chi connectivity index (χ3v) is 6.37. The Balaban J connectivity index is 1.41. The molecule has 0 bridgehead atoms. The number of nitrogens with zero attached hydrogens (tertiary/aromatic N) is 2. The van der Waals surface area contributed by atoms with E-state index in [1.165, 1.54) is 0 Å². The summed E-state index contributed by atoms with van der Waals surface area (Å²) >= 11 is 6.08. The van der Waals surface area contributed by atoms with Crippen molar-refractivity contribution in [1.29, 1.82) is 0 Å². The van der Waals surface area contributed by atoms with Crippen LogP contribution in [0.3, 0.4) is 0 Å². The van der Waals surface area contributed by atoms with Gasteiger partial charge in [-0.1, -0.05) is 30.2 Å². The quantitative estimate of drug-likeness (QED) is 0.677. The first kappa shape index (κ1) is 22.1. The molecule has 8 heteroatoms. The Hall–Kier alpha value is -2.09. The lowest BCUT2D eigenvalue weighted by Crippen LogP contribution is -2.57. The van der Waals surface area contributed by atoms with E-state index in [-0.39, 0.29) is 36.3 Å².